The first-order chi connectivity index (χ1) is 9.43. The van der Waals surface area contributed by atoms with Crippen LogP contribution in [-0.4, -0.2) is 16.5 Å². The smallest absolute Gasteiger partial charge is 0.143 e. The van der Waals surface area contributed by atoms with E-state index in [9.17, 15) is 0 Å². The van der Waals surface area contributed by atoms with Crippen LogP contribution in [0.1, 0.15) is 38.3 Å². The number of hydrogen-bond acceptors (Lipinski definition) is 4. The first-order valence-corrected chi connectivity index (χ1v) is 7.94. The van der Waals surface area contributed by atoms with Gasteiger partial charge in [-0.3, -0.25) is 4.98 Å². The molecule has 0 fully saturated rings. The van der Waals surface area contributed by atoms with Gasteiger partial charge in [-0.1, -0.05) is 39.3 Å². The molecule has 2 rings (SSSR count). The van der Waals surface area contributed by atoms with Crippen LogP contribution >= 0.6 is 22.9 Å². The van der Waals surface area contributed by atoms with Gasteiger partial charge in [0.05, 0.1) is 10.7 Å². The summed E-state index contributed by atoms with van der Waals surface area (Å²) in [6.45, 7) is 10.4. The fraction of sp³-hybridized carbons (Fsp3) is 0.467. The molecule has 108 valence electrons. The van der Waals surface area contributed by atoms with Gasteiger partial charge in [-0.25, -0.2) is 4.98 Å². The number of nitrogens with zero attached hydrogens (tertiary/aromatic N) is 2. The highest BCUT2D eigenvalue weighted by molar-refractivity contribution is 7.15. The van der Waals surface area contributed by atoms with E-state index in [1.165, 1.54) is 4.88 Å². The van der Waals surface area contributed by atoms with Crippen molar-refractivity contribution in [3.63, 3.8) is 0 Å². The predicted molar refractivity (Wildman–Crippen MR) is 86.4 cm³/mol. The maximum Gasteiger partial charge on any atom is 0.143 e. The minimum atomic E-state index is 0.0146. The quantitative estimate of drug-likeness (QED) is 0.916. The summed E-state index contributed by atoms with van der Waals surface area (Å²) in [5, 5.41) is 4.92. The Balaban J connectivity index is 2.46. The van der Waals surface area contributed by atoms with Crippen LogP contribution in [0.3, 0.4) is 0 Å². The Labute approximate surface area is 129 Å². The molecule has 5 heteroatoms. The maximum absolute atomic E-state index is 6.23. The van der Waals surface area contributed by atoms with E-state index in [1.807, 2.05) is 12.1 Å². The van der Waals surface area contributed by atoms with Crippen LogP contribution in [0.2, 0.25) is 5.02 Å². The number of pyridine rings is 1. The van der Waals surface area contributed by atoms with Crippen LogP contribution < -0.4 is 5.32 Å². The molecule has 1 N–H and O–H groups in total. The summed E-state index contributed by atoms with van der Waals surface area (Å²) in [5.74, 6) is 0. The fourth-order valence-corrected chi connectivity index (χ4v) is 3.46. The van der Waals surface area contributed by atoms with E-state index < -0.39 is 0 Å². The van der Waals surface area contributed by atoms with Crippen molar-refractivity contribution in [3.05, 3.63) is 33.9 Å². The van der Waals surface area contributed by atoms with E-state index in [-0.39, 0.29) is 5.41 Å². The van der Waals surface area contributed by atoms with Crippen LogP contribution in [0.5, 0.6) is 0 Å². The molecule has 2 heterocycles. The average Bonchev–Trinajstić information content (AvgIpc) is 2.80. The van der Waals surface area contributed by atoms with E-state index >= 15 is 0 Å². The van der Waals surface area contributed by atoms with Crippen LogP contribution in [0.15, 0.2) is 18.3 Å². The minimum absolute atomic E-state index is 0.0146. The molecule has 0 aromatic carbocycles. The number of halogens is 1. The van der Waals surface area contributed by atoms with Gasteiger partial charge in [0.15, 0.2) is 0 Å². The van der Waals surface area contributed by atoms with Crippen molar-refractivity contribution in [3.8, 4) is 10.7 Å². The third-order valence-electron chi connectivity index (χ3n) is 2.90. The topological polar surface area (TPSA) is 37.8 Å². The van der Waals surface area contributed by atoms with Crippen molar-refractivity contribution in [2.45, 2.75) is 39.7 Å². The SMILES string of the molecule is CCNCc1sc(-c2ncccc2Cl)nc1C(C)(C)C. The Morgan fingerprint density at radius 3 is 2.70 bits per heavy atom. The average molecular weight is 310 g/mol. The fourth-order valence-electron chi connectivity index (χ4n) is 1.94. The highest BCUT2D eigenvalue weighted by Gasteiger charge is 2.24. The van der Waals surface area contributed by atoms with E-state index in [0.29, 0.717) is 5.02 Å². The van der Waals surface area contributed by atoms with Crippen molar-refractivity contribution < 1.29 is 0 Å². The van der Waals surface area contributed by atoms with Crippen LogP contribution in [0.25, 0.3) is 10.7 Å². The van der Waals surface area contributed by atoms with E-state index in [2.05, 4.69) is 38.0 Å². The number of aromatic nitrogens is 2. The van der Waals surface area contributed by atoms with Crippen molar-refractivity contribution in [2.75, 3.05) is 6.54 Å². The second-order valence-electron chi connectivity index (χ2n) is 5.65. The van der Waals surface area contributed by atoms with Gasteiger partial charge in [-0.2, -0.15) is 0 Å². The lowest BCUT2D eigenvalue weighted by Gasteiger charge is -2.17. The Kier molecular flexibility index (Phi) is 4.78. The summed E-state index contributed by atoms with van der Waals surface area (Å²) in [4.78, 5) is 10.4. The zero-order valence-electron chi connectivity index (χ0n) is 12.3. The summed E-state index contributed by atoms with van der Waals surface area (Å²) < 4.78 is 0. The van der Waals surface area contributed by atoms with Gasteiger partial charge in [0, 0.05) is 23.0 Å². The van der Waals surface area contributed by atoms with Gasteiger partial charge >= 0.3 is 0 Å². The Hall–Kier alpha value is -0.970. The summed E-state index contributed by atoms with van der Waals surface area (Å²) in [7, 11) is 0. The Morgan fingerprint density at radius 2 is 2.10 bits per heavy atom. The number of hydrogen-bond donors (Lipinski definition) is 1. The zero-order valence-corrected chi connectivity index (χ0v) is 13.9. The van der Waals surface area contributed by atoms with Crippen molar-refractivity contribution in [1.82, 2.24) is 15.3 Å². The molecule has 0 saturated carbocycles. The predicted octanol–water partition coefficient (Wildman–Crippen LogP) is 4.27. The lowest BCUT2D eigenvalue weighted by molar-refractivity contribution is 0.561. The number of rotatable bonds is 4. The largest absolute Gasteiger partial charge is 0.312 e. The molecule has 0 aliphatic carbocycles. The second-order valence-corrected chi connectivity index (χ2v) is 7.15. The van der Waals surface area contributed by atoms with Gasteiger partial charge in [-0.05, 0) is 18.7 Å². The summed E-state index contributed by atoms with van der Waals surface area (Å²) in [6.07, 6.45) is 1.75. The Bertz CT molecular complexity index is 587. The highest BCUT2D eigenvalue weighted by Crippen LogP contribution is 2.35. The molecule has 0 spiro atoms. The summed E-state index contributed by atoms with van der Waals surface area (Å²) >= 11 is 7.90. The third-order valence-corrected chi connectivity index (χ3v) is 4.27. The van der Waals surface area contributed by atoms with Gasteiger partial charge in [0.2, 0.25) is 0 Å². The maximum atomic E-state index is 6.23. The van der Waals surface area contributed by atoms with E-state index in [1.54, 1.807) is 17.5 Å². The third kappa shape index (κ3) is 3.37. The normalized spacial score (nSPS) is 11.8. The molecule has 0 bridgehead atoms. The highest BCUT2D eigenvalue weighted by atomic mass is 35.5. The zero-order chi connectivity index (χ0) is 14.8. The molecular formula is C15H20ClN3S. The first kappa shape index (κ1) is 15.4. The molecule has 20 heavy (non-hydrogen) atoms. The minimum Gasteiger partial charge on any atom is -0.312 e. The van der Waals surface area contributed by atoms with Crippen LogP contribution in [0.4, 0.5) is 0 Å². The van der Waals surface area contributed by atoms with Crippen LogP contribution in [0, 0.1) is 0 Å². The molecule has 0 unspecified atom stereocenters. The molecule has 0 radical (unpaired) electrons. The van der Waals surface area contributed by atoms with Gasteiger partial charge in [-0.15, -0.1) is 11.3 Å². The molecule has 2 aromatic heterocycles. The summed E-state index contributed by atoms with van der Waals surface area (Å²) in [5.41, 5.74) is 1.91. The second kappa shape index (κ2) is 6.20. The van der Waals surface area contributed by atoms with E-state index in [0.717, 1.165) is 29.5 Å². The number of thiazole rings is 1. The summed E-state index contributed by atoms with van der Waals surface area (Å²) in [6, 6.07) is 3.69. The standard InChI is InChI=1S/C15H20ClN3S/c1-5-17-9-11-13(15(2,3)4)19-14(20-11)12-10(16)7-6-8-18-12/h6-8,17H,5,9H2,1-4H3. The molecule has 2 aromatic rings. The van der Waals surface area contributed by atoms with Gasteiger partial charge in [0.1, 0.15) is 10.7 Å². The lowest BCUT2D eigenvalue weighted by Crippen LogP contribution is -2.18. The van der Waals surface area contributed by atoms with Crippen molar-refractivity contribution in [1.29, 1.82) is 0 Å². The molecule has 0 aliphatic rings. The van der Waals surface area contributed by atoms with Crippen molar-refractivity contribution in [2.24, 2.45) is 0 Å². The van der Waals surface area contributed by atoms with E-state index in [4.69, 9.17) is 16.6 Å². The Morgan fingerprint density at radius 1 is 1.35 bits per heavy atom. The molecule has 0 saturated heterocycles. The van der Waals surface area contributed by atoms with Gasteiger partial charge < -0.3 is 5.32 Å². The van der Waals surface area contributed by atoms with Crippen LogP contribution in [-0.2, 0) is 12.0 Å². The van der Waals surface area contributed by atoms with Crippen molar-refractivity contribution >= 4 is 22.9 Å². The first-order valence-electron chi connectivity index (χ1n) is 6.75. The molecule has 0 amide bonds. The molecular weight excluding hydrogens is 290 g/mol. The lowest BCUT2D eigenvalue weighted by atomic mass is 9.91. The van der Waals surface area contributed by atoms with Gasteiger partial charge in [0.25, 0.3) is 0 Å². The monoisotopic (exact) mass is 309 g/mol. The number of nitrogens with one attached hydrogen (secondary N) is 1. The molecule has 0 aliphatic heterocycles. The molecule has 0 atom stereocenters. The molecule has 3 nitrogen and oxygen atoms in total.